The molecule has 25 heavy (non-hydrogen) atoms. The Bertz CT molecular complexity index is 805. The molecular weight excluding hydrogens is 306 g/mol. The number of hydrogen-bond acceptors (Lipinski definition) is 2. The van der Waals surface area contributed by atoms with Crippen molar-refractivity contribution in [1.29, 1.82) is 0 Å². The molecule has 0 saturated carbocycles. The lowest BCUT2D eigenvalue weighted by molar-refractivity contribution is 0.306. The fourth-order valence-corrected chi connectivity index (χ4v) is 2.52. The quantitative estimate of drug-likeness (QED) is 0.527. The molecule has 0 aliphatic rings. The van der Waals surface area contributed by atoms with Gasteiger partial charge < -0.3 is 4.74 Å². The van der Waals surface area contributed by atoms with Crippen molar-refractivity contribution in [2.24, 2.45) is 4.99 Å². The minimum Gasteiger partial charge on any atom is -0.489 e. The van der Waals surface area contributed by atoms with Crippen LogP contribution in [0.25, 0.3) is 0 Å². The number of ether oxygens (including phenoxy) is 1. The third-order valence-electron chi connectivity index (χ3n) is 4.14. The van der Waals surface area contributed by atoms with E-state index in [0.717, 1.165) is 11.3 Å². The predicted molar refractivity (Wildman–Crippen MR) is 104 cm³/mol. The van der Waals surface area contributed by atoms with Gasteiger partial charge in [0.05, 0.1) is 6.04 Å². The van der Waals surface area contributed by atoms with Crippen molar-refractivity contribution < 1.29 is 4.74 Å². The maximum atomic E-state index is 5.81. The Hall–Kier alpha value is -2.87. The van der Waals surface area contributed by atoms with Gasteiger partial charge in [-0.25, -0.2) is 0 Å². The lowest BCUT2D eigenvalue weighted by Gasteiger charge is -2.08. The highest BCUT2D eigenvalue weighted by Gasteiger charge is 2.02. The Morgan fingerprint density at radius 3 is 2.24 bits per heavy atom. The first-order valence-corrected chi connectivity index (χ1v) is 8.57. The lowest BCUT2D eigenvalue weighted by atomic mass is 10.1. The molecule has 2 heteroatoms. The molecule has 0 amide bonds. The van der Waals surface area contributed by atoms with Crippen LogP contribution in [0.4, 0.5) is 0 Å². The first-order chi connectivity index (χ1) is 12.2. The zero-order valence-electron chi connectivity index (χ0n) is 14.7. The summed E-state index contributed by atoms with van der Waals surface area (Å²) in [4.78, 5) is 4.65. The van der Waals surface area contributed by atoms with Crippen LogP contribution in [0.2, 0.25) is 0 Å². The van der Waals surface area contributed by atoms with E-state index in [1.54, 1.807) is 0 Å². The summed E-state index contributed by atoms with van der Waals surface area (Å²) in [6, 6.07) is 26.9. The van der Waals surface area contributed by atoms with Crippen molar-refractivity contribution >= 4 is 6.21 Å². The van der Waals surface area contributed by atoms with Crippen LogP contribution in [0.3, 0.4) is 0 Å². The minimum atomic E-state index is 0.148. The molecule has 0 aromatic heterocycles. The van der Waals surface area contributed by atoms with Crippen LogP contribution >= 0.6 is 0 Å². The van der Waals surface area contributed by atoms with E-state index < -0.39 is 0 Å². The highest BCUT2D eigenvalue weighted by atomic mass is 16.5. The van der Waals surface area contributed by atoms with Crippen LogP contribution < -0.4 is 4.74 Å². The van der Waals surface area contributed by atoms with Crippen LogP contribution in [-0.4, -0.2) is 6.21 Å². The third kappa shape index (κ3) is 5.05. The minimum absolute atomic E-state index is 0.148. The molecule has 0 spiro atoms. The molecule has 1 atom stereocenters. The van der Waals surface area contributed by atoms with Crippen molar-refractivity contribution in [3.05, 3.63) is 101 Å². The maximum absolute atomic E-state index is 5.81. The summed E-state index contributed by atoms with van der Waals surface area (Å²) in [6.07, 6.45) is 1.92. The number of aliphatic imine (C=N–C) groups is 1. The molecule has 0 saturated heterocycles. The van der Waals surface area contributed by atoms with Crippen LogP contribution in [0.1, 0.15) is 35.2 Å². The molecule has 0 fully saturated rings. The highest BCUT2D eigenvalue weighted by Crippen LogP contribution is 2.18. The smallest absolute Gasteiger partial charge is 0.119 e. The molecule has 0 radical (unpaired) electrons. The van der Waals surface area contributed by atoms with Crippen molar-refractivity contribution in [3.8, 4) is 5.75 Å². The van der Waals surface area contributed by atoms with Crippen LogP contribution in [0.5, 0.6) is 5.75 Å². The van der Waals surface area contributed by atoms with Gasteiger partial charge in [0.1, 0.15) is 12.4 Å². The van der Waals surface area contributed by atoms with Crippen molar-refractivity contribution in [1.82, 2.24) is 0 Å². The van der Waals surface area contributed by atoms with Gasteiger partial charge in [-0.1, -0.05) is 60.2 Å². The predicted octanol–water partition coefficient (Wildman–Crippen LogP) is 5.75. The summed E-state index contributed by atoms with van der Waals surface area (Å²) in [5, 5.41) is 0. The van der Waals surface area contributed by atoms with E-state index in [2.05, 4.69) is 55.2 Å². The lowest BCUT2D eigenvalue weighted by Crippen LogP contribution is -1.95. The SMILES string of the molecule is Cc1ccc(C(C)N=Cc2ccc(OCc3ccccc3)cc2)cc1. The second kappa shape index (κ2) is 8.29. The van der Waals surface area contributed by atoms with Gasteiger partial charge in [0, 0.05) is 6.21 Å². The first-order valence-electron chi connectivity index (χ1n) is 8.57. The number of hydrogen-bond donors (Lipinski definition) is 0. The first kappa shape index (κ1) is 17.0. The zero-order valence-corrected chi connectivity index (χ0v) is 14.7. The van der Waals surface area contributed by atoms with Crippen molar-refractivity contribution in [2.45, 2.75) is 26.5 Å². The van der Waals surface area contributed by atoms with E-state index in [4.69, 9.17) is 4.74 Å². The van der Waals surface area contributed by atoms with Gasteiger partial charge in [-0.3, -0.25) is 4.99 Å². The van der Waals surface area contributed by atoms with E-state index >= 15 is 0 Å². The molecule has 0 aliphatic carbocycles. The Morgan fingerprint density at radius 1 is 0.880 bits per heavy atom. The molecule has 2 nitrogen and oxygen atoms in total. The second-order valence-corrected chi connectivity index (χ2v) is 6.21. The summed E-state index contributed by atoms with van der Waals surface area (Å²) in [6.45, 7) is 4.79. The van der Waals surface area contributed by atoms with Crippen molar-refractivity contribution in [2.75, 3.05) is 0 Å². The van der Waals surface area contributed by atoms with Gasteiger partial charge in [0.15, 0.2) is 0 Å². The van der Waals surface area contributed by atoms with E-state index in [0.29, 0.717) is 6.61 Å². The average molecular weight is 329 g/mol. The zero-order chi connectivity index (χ0) is 17.5. The Kier molecular flexibility index (Phi) is 5.63. The standard InChI is InChI=1S/C23H23NO/c1-18-8-12-22(13-9-18)19(2)24-16-20-10-14-23(15-11-20)25-17-21-6-4-3-5-7-21/h3-16,19H,17H2,1-2H3. The molecule has 126 valence electrons. The number of benzene rings is 3. The number of rotatable bonds is 6. The van der Waals surface area contributed by atoms with Crippen LogP contribution in [-0.2, 0) is 6.61 Å². The Morgan fingerprint density at radius 2 is 1.56 bits per heavy atom. The molecule has 1 unspecified atom stereocenters. The van der Waals surface area contributed by atoms with Crippen LogP contribution in [0, 0.1) is 6.92 Å². The van der Waals surface area contributed by atoms with E-state index in [9.17, 15) is 0 Å². The van der Waals surface area contributed by atoms with Gasteiger partial charge in [-0.15, -0.1) is 0 Å². The molecular formula is C23H23NO. The Balaban J connectivity index is 1.57. The summed E-state index contributed by atoms with van der Waals surface area (Å²) >= 11 is 0. The summed E-state index contributed by atoms with van der Waals surface area (Å²) in [5.41, 5.74) is 4.74. The largest absolute Gasteiger partial charge is 0.489 e. The third-order valence-corrected chi connectivity index (χ3v) is 4.14. The topological polar surface area (TPSA) is 21.6 Å². The van der Waals surface area contributed by atoms with Gasteiger partial charge >= 0.3 is 0 Å². The Labute approximate surface area is 149 Å². The molecule has 3 aromatic rings. The molecule has 0 heterocycles. The van der Waals surface area contributed by atoms with Gasteiger partial charge in [-0.2, -0.15) is 0 Å². The highest BCUT2D eigenvalue weighted by molar-refractivity contribution is 5.79. The molecule has 3 aromatic carbocycles. The van der Waals surface area contributed by atoms with E-state index in [1.807, 2.05) is 48.7 Å². The monoisotopic (exact) mass is 329 g/mol. The number of nitrogens with zero attached hydrogens (tertiary/aromatic N) is 1. The second-order valence-electron chi connectivity index (χ2n) is 6.21. The summed E-state index contributed by atoms with van der Waals surface area (Å²) < 4.78 is 5.81. The molecule has 0 aliphatic heterocycles. The van der Waals surface area contributed by atoms with Gasteiger partial charge in [0.2, 0.25) is 0 Å². The summed E-state index contributed by atoms with van der Waals surface area (Å²) in [7, 11) is 0. The van der Waals surface area contributed by atoms with E-state index in [-0.39, 0.29) is 6.04 Å². The van der Waals surface area contributed by atoms with Crippen LogP contribution in [0.15, 0.2) is 83.9 Å². The number of aryl methyl sites for hydroxylation is 1. The van der Waals surface area contributed by atoms with Crippen molar-refractivity contribution in [3.63, 3.8) is 0 Å². The van der Waals surface area contributed by atoms with Gasteiger partial charge in [0.25, 0.3) is 0 Å². The van der Waals surface area contributed by atoms with Gasteiger partial charge in [-0.05, 0) is 54.8 Å². The normalized spacial score (nSPS) is 12.2. The average Bonchev–Trinajstić information content (AvgIpc) is 2.67. The maximum Gasteiger partial charge on any atom is 0.119 e. The molecule has 0 bridgehead atoms. The molecule has 0 N–H and O–H groups in total. The summed E-state index contributed by atoms with van der Waals surface area (Å²) in [5.74, 6) is 0.868. The fourth-order valence-electron chi connectivity index (χ4n) is 2.52. The molecule has 3 rings (SSSR count). The fraction of sp³-hybridized carbons (Fsp3) is 0.174. The van der Waals surface area contributed by atoms with E-state index in [1.165, 1.54) is 16.7 Å².